The highest BCUT2D eigenvalue weighted by molar-refractivity contribution is 8.18. The predicted molar refractivity (Wildman–Crippen MR) is 107 cm³/mol. The van der Waals surface area contributed by atoms with Crippen LogP contribution in [0.1, 0.15) is 33.4 Å². The number of benzene rings is 2. The van der Waals surface area contributed by atoms with Crippen molar-refractivity contribution in [1.29, 1.82) is 0 Å². The Morgan fingerprint density at radius 2 is 1.56 bits per heavy atom. The molecule has 2 aromatic carbocycles. The van der Waals surface area contributed by atoms with Gasteiger partial charge >= 0.3 is 0 Å². The van der Waals surface area contributed by atoms with Gasteiger partial charge in [0.25, 0.3) is 5.91 Å². The first-order chi connectivity index (χ1) is 11.8. The van der Waals surface area contributed by atoms with Crippen molar-refractivity contribution in [3.8, 4) is 0 Å². The van der Waals surface area contributed by atoms with E-state index in [2.05, 4.69) is 43.2 Å². The van der Waals surface area contributed by atoms with Crippen molar-refractivity contribution in [2.45, 2.75) is 34.6 Å². The summed E-state index contributed by atoms with van der Waals surface area (Å²) in [6, 6.07) is 10.4. The summed E-state index contributed by atoms with van der Waals surface area (Å²) in [5.74, 6) is -0.0902. The van der Waals surface area contributed by atoms with E-state index in [1.165, 1.54) is 28.5 Å². The maximum atomic E-state index is 12.3. The third kappa shape index (κ3) is 3.69. The zero-order valence-corrected chi connectivity index (χ0v) is 16.0. The molecule has 0 aliphatic carbocycles. The quantitative estimate of drug-likeness (QED) is 0.764. The van der Waals surface area contributed by atoms with E-state index in [0.717, 1.165) is 22.4 Å². The second-order valence-electron chi connectivity index (χ2n) is 6.52. The number of thioether (sulfide) groups is 1. The number of nitrogens with one attached hydrogen (secondary N) is 1. The van der Waals surface area contributed by atoms with Gasteiger partial charge < -0.3 is 5.32 Å². The summed E-state index contributed by atoms with van der Waals surface area (Å²) in [7, 11) is 0. The molecule has 3 nitrogen and oxygen atoms in total. The Labute approximate surface area is 153 Å². The third-order valence-electron chi connectivity index (χ3n) is 4.47. The summed E-state index contributed by atoms with van der Waals surface area (Å²) in [6.07, 6.45) is 1.95. The summed E-state index contributed by atoms with van der Waals surface area (Å²) >= 11 is 1.40. The number of rotatable bonds is 2. The average molecular weight is 350 g/mol. The van der Waals surface area contributed by atoms with E-state index in [1.54, 1.807) is 0 Å². The molecule has 1 amide bonds. The van der Waals surface area contributed by atoms with Crippen molar-refractivity contribution < 1.29 is 4.79 Å². The van der Waals surface area contributed by atoms with Crippen LogP contribution in [0.5, 0.6) is 0 Å². The van der Waals surface area contributed by atoms with Gasteiger partial charge in [-0.1, -0.05) is 30.3 Å². The highest BCUT2D eigenvalue weighted by Crippen LogP contribution is 2.31. The molecule has 128 valence electrons. The van der Waals surface area contributed by atoms with E-state index in [1.807, 2.05) is 38.1 Å². The molecular weight excluding hydrogens is 328 g/mol. The molecule has 1 fully saturated rings. The Morgan fingerprint density at radius 1 is 0.920 bits per heavy atom. The largest absolute Gasteiger partial charge is 0.300 e. The van der Waals surface area contributed by atoms with E-state index >= 15 is 0 Å². The van der Waals surface area contributed by atoms with Crippen LogP contribution in [-0.2, 0) is 4.79 Å². The van der Waals surface area contributed by atoms with Gasteiger partial charge in [-0.2, -0.15) is 0 Å². The van der Waals surface area contributed by atoms with Gasteiger partial charge in [-0.3, -0.25) is 4.79 Å². The summed E-state index contributed by atoms with van der Waals surface area (Å²) in [4.78, 5) is 17.7. The number of hydrogen-bond acceptors (Lipinski definition) is 3. The van der Waals surface area contributed by atoms with Crippen LogP contribution in [0.25, 0.3) is 6.08 Å². The van der Waals surface area contributed by atoms with Crippen LogP contribution in [0.15, 0.2) is 40.2 Å². The molecule has 25 heavy (non-hydrogen) atoms. The monoisotopic (exact) mass is 350 g/mol. The van der Waals surface area contributed by atoms with Crippen molar-refractivity contribution in [3.63, 3.8) is 0 Å². The second-order valence-corrected chi connectivity index (χ2v) is 7.55. The Hall–Kier alpha value is -2.33. The van der Waals surface area contributed by atoms with Crippen LogP contribution < -0.4 is 5.32 Å². The van der Waals surface area contributed by atoms with Gasteiger partial charge in [0.15, 0.2) is 5.17 Å². The molecule has 0 spiro atoms. The van der Waals surface area contributed by atoms with E-state index in [9.17, 15) is 4.79 Å². The zero-order chi connectivity index (χ0) is 18.1. The number of hydrogen-bond donors (Lipinski definition) is 1. The maximum absolute atomic E-state index is 12.3. The fraction of sp³-hybridized carbons (Fsp3) is 0.238. The lowest BCUT2D eigenvalue weighted by Crippen LogP contribution is -2.19. The number of amides is 1. The van der Waals surface area contributed by atoms with Crippen molar-refractivity contribution in [1.82, 2.24) is 5.32 Å². The van der Waals surface area contributed by atoms with Crippen LogP contribution in [0, 0.1) is 34.6 Å². The van der Waals surface area contributed by atoms with E-state index in [-0.39, 0.29) is 5.91 Å². The number of aryl methyl sites for hydroxylation is 5. The number of aliphatic imine (C=N–C) groups is 1. The first-order valence-corrected chi connectivity index (χ1v) is 9.10. The third-order valence-corrected chi connectivity index (χ3v) is 5.38. The molecule has 0 atom stereocenters. The maximum Gasteiger partial charge on any atom is 0.264 e. The number of nitrogens with zero attached hydrogens (tertiary/aromatic N) is 1. The number of para-hydroxylation sites is 1. The molecule has 0 bridgehead atoms. The Morgan fingerprint density at radius 3 is 2.24 bits per heavy atom. The van der Waals surface area contributed by atoms with E-state index in [4.69, 9.17) is 0 Å². The minimum Gasteiger partial charge on any atom is -0.300 e. The van der Waals surface area contributed by atoms with Crippen LogP contribution >= 0.6 is 11.8 Å². The van der Waals surface area contributed by atoms with Gasteiger partial charge in [-0.15, -0.1) is 0 Å². The molecule has 1 aliphatic heterocycles. The number of amidine groups is 1. The minimum absolute atomic E-state index is 0.0902. The molecule has 0 unspecified atom stereocenters. The number of carbonyl (C=O) groups excluding carboxylic acids is 1. The molecular formula is C21H22N2OS. The lowest BCUT2D eigenvalue weighted by Gasteiger charge is -2.06. The van der Waals surface area contributed by atoms with Gasteiger partial charge in [-0.25, -0.2) is 4.99 Å². The molecule has 1 heterocycles. The topological polar surface area (TPSA) is 41.5 Å². The molecule has 2 aromatic rings. The van der Waals surface area contributed by atoms with Gasteiger partial charge in [0.05, 0.1) is 10.6 Å². The van der Waals surface area contributed by atoms with Crippen molar-refractivity contribution in [3.05, 3.63) is 68.6 Å². The van der Waals surface area contributed by atoms with Gasteiger partial charge in [0.1, 0.15) is 0 Å². The van der Waals surface area contributed by atoms with Gasteiger partial charge in [-0.05, 0) is 85.8 Å². The molecule has 1 saturated heterocycles. The van der Waals surface area contributed by atoms with Crippen LogP contribution in [0.4, 0.5) is 5.69 Å². The summed E-state index contributed by atoms with van der Waals surface area (Å²) in [5, 5.41) is 3.51. The minimum atomic E-state index is -0.0902. The van der Waals surface area contributed by atoms with Crippen LogP contribution in [-0.4, -0.2) is 11.1 Å². The molecule has 0 aromatic heterocycles. The normalized spacial score (nSPS) is 17.4. The lowest BCUT2D eigenvalue weighted by molar-refractivity contribution is -0.115. The first kappa shape index (κ1) is 17.5. The molecule has 1 aliphatic rings. The fourth-order valence-electron chi connectivity index (χ4n) is 2.84. The van der Waals surface area contributed by atoms with Crippen LogP contribution in [0.3, 0.4) is 0 Å². The van der Waals surface area contributed by atoms with Crippen molar-refractivity contribution in [2.24, 2.45) is 4.99 Å². The first-order valence-electron chi connectivity index (χ1n) is 8.29. The number of carbonyl (C=O) groups is 1. The van der Waals surface area contributed by atoms with Gasteiger partial charge in [0, 0.05) is 0 Å². The van der Waals surface area contributed by atoms with Crippen molar-refractivity contribution >= 4 is 34.6 Å². The molecule has 1 N–H and O–H groups in total. The summed E-state index contributed by atoms with van der Waals surface area (Å²) in [5.41, 5.74) is 7.87. The average Bonchev–Trinajstić information content (AvgIpc) is 2.88. The van der Waals surface area contributed by atoms with Crippen LogP contribution in [0.2, 0.25) is 0 Å². The smallest absolute Gasteiger partial charge is 0.264 e. The van der Waals surface area contributed by atoms with Gasteiger partial charge in [0.2, 0.25) is 0 Å². The molecule has 0 saturated carbocycles. The summed E-state index contributed by atoms with van der Waals surface area (Å²) < 4.78 is 0. The van der Waals surface area contributed by atoms with E-state index in [0.29, 0.717) is 10.1 Å². The zero-order valence-electron chi connectivity index (χ0n) is 15.2. The highest BCUT2D eigenvalue weighted by atomic mass is 32.2. The highest BCUT2D eigenvalue weighted by Gasteiger charge is 2.24. The molecule has 4 heteroatoms. The molecule has 0 radical (unpaired) electrons. The summed E-state index contributed by atoms with van der Waals surface area (Å²) in [6.45, 7) is 10.3. The van der Waals surface area contributed by atoms with Crippen molar-refractivity contribution in [2.75, 3.05) is 0 Å². The Bertz CT molecular complexity index is 905. The lowest BCUT2D eigenvalue weighted by atomic mass is 10.0. The molecule has 3 rings (SSSR count). The SMILES string of the molecule is Cc1cc(C)c(/C=C2/SC(=Nc3c(C)cccc3C)NC2=O)cc1C. The van der Waals surface area contributed by atoms with E-state index < -0.39 is 0 Å². The Balaban J connectivity index is 1.93. The predicted octanol–water partition coefficient (Wildman–Crippen LogP) is 5.12. The fourth-order valence-corrected chi connectivity index (χ4v) is 3.66. The Kier molecular flexibility index (Phi) is 4.82. The second kappa shape index (κ2) is 6.89. The standard InChI is InChI=1S/C21H22N2OS/c1-12-7-6-8-13(2)19(12)22-21-23-20(24)18(25-21)11-17-10-15(4)14(3)9-16(17)5/h6-11H,1-5H3,(H,22,23,24)/b18-11+.